The number of carboxylic acid groups (broad SMARTS) is 1. The molecule has 1 N–H and O–H groups in total. The van der Waals surface area contributed by atoms with Gasteiger partial charge in [-0.05, 0) is 54.5 Å². The number of unbranched alkanes of at least 4 members (excludes halogenated alkanes) is 2. The van der Waals surface area contributed by atoms with Crippen molar-refractivity contribution in [3.8, 4) is 0 Å². The van der Waals surface area contributed by atoms with Crippen LogP contribution in [-0.4, -0.2) is 40.9 Å². The molecule has 0 atom stereocenters. The Morgan fingerprint density at radius 2 is 1.71 bits per heavy atom. The average Bonchev–Trinajstić information content (AvgIpc) is 3.21. The van der Waals surface area contributed by atoms with Gasteiger partial charge >= 0.3 is 6.09 Å². The lowest BCUT2D eigenvalue weighted by Crippen LogP contribution is -2.32. The van der Waals surface area contributed by atoms with Crippen molar-refractivity contribution in [1.82, 2.24) is 4.90 Å². The number of anilines is 1. The van der Waals surface area contributed by atoms with Gasteiger partial charge in [0.25, 0.3) is 0 Å². The summed E-state index contributed by atoms with van der Waals surface area (Å²) in [5.41, 5.74) is 5.00. The molecule has 6 nitrogen and oxygen atoms in total. The van der Waals surface area contributed by atoms with E-state index in [-0.39, 0.29) is 11.7 Å². The second kappa shape index (κ2) is 9.33. The first-order valence-corrected chi connectivity index (χ1v) is 11.0. The van der Waals surface area contributed by atoms with Crippen LogP contribution in [0.5, 0.6) is 0 Å². The molecule has 2 amide bonds. The van der Waals surface area contributed by atoms with Gasteiger partial charge in [0.2, 0.25) is 5.91 Å². The van der Waals surface area contributed by atoms with E-state index in [9.17, 15) is 19.5 Å². The Balaban J connectivity index is 1.26. The summed E-state index contributed by atoms with van der Waals surface area (Å²) in [6, 6.07) is 13.5. The second-order valence-corrected chi connectivity index (χ2v) is 8.36. The molecule has 0 radical (unpaired) electrons. The molecular weight excluding hydrogens is 392 g/mol. The van der Waals surface area contributed by atoms with Crippen LogP contribution in [0.1, 0.15) is 59.2 Å². The van der Waals surface area contributed by atoms with Crippen molar-refractivity contribution in [2.45, 2.75) is 51.5 Å². The highest BCUT2D eigenvalue weighted by Gasteiger charge is 2.31. The van der Waals surface area contributed by atoms with Crippen molar-refractivity contribution in [1.29, 1.82) is 0 Å². The van der Waals surface area contributed by atoms with E-state index in [1.807, 2.05) is 47.4 Å². The van der Waals surface area contributed by atoms with Crippen molar-refractivity contribution < 1.29 is 19.5 Å². The monoisotopic (exact) mass is 420 g/mol. The van der Waals surface area contributed by atoms with Crippen LogP contribution in [0.25, 0.3) is 0 Å². The number of aryl methyl sites for hydroxylation is 1. The Morgan fingerprint density at radius 3 is 2.45 bits per heavy atom. The number of nitrogens with zero attached hydrogens (tertiary/aromatic N) is 2. The summed E-state index contributed by atoms with van der Waals surface area (Å²) in [5, 5.41) is 9.44. The highest BCUT2D eigenvalue weighted by Crippen LogP contribution is 2.37. The van der Waals surface area contributed by atoms with E-state index in [2.05, 4.69) is 0 Å². The second-order valence-electron chi connectivity index (χ2n) is 8.36. The third-order valence-corrected chi connectivity index (χ3v) is 6.19. The fourth-order valence-corrected chi connectivity index (χ4v) is 4.57. The third-order valence-electron chi connectivity index (χ3n) is 6.19. The number of hydrogen-bond donors (Lipinski definition) is 1. The first kappa shape index (κ1) is 21.1. The predicted molar refractivity (Wildman–Crippen MR) is 118 cm³/mol. The van der Waals surface area contributed by atoms with Crippen LogP contribution in [0.4, 0.5) is 10.5 Å². The highest BCUT2D eigenvalue weighted by molar-refractivity contribution is 6.02. The first-order chi connectivity index (χ1) is 15.0. The van der Waals surface area contributed by atoms with Crippen molar-refractivity contribution in [3.63, 3.8) is 0 Å². The molecule has 0 saturated carbocycles. The Labute approximate surface area is 182 Å². The molecule has 0 bridgehead atoms. The summed E-state index contributed by atoms with van der Waals surface area (Å²) in [5.74, 6) is 0.321. The lowest BCUT2D eigenvalue weighted by Gasteiger charge is -2.25. The van der Waals surface area contributed by atoms with Crippen LogP contribution in [-0.2, 0) is 24.2 Å². The van der Waals surface area contributed by atoms with E-state index in [1.54, 1.807) is 0 Å². The van der Waals surface area contributed by atoms with Crippen LogP contribution in [0.15, 0.2) is 42.5 Å². The van der Waals surface area contributed by atoms with Crippen LogP contribution in [0.2, 0.25) is 0 Å². The largest absolute Gasteiger partial charge is 0.465 e. The number of Topliss-reactive ketones (excluding diaryl/α,β-unsaturated/α-hetero) is 1. The Kier molecular flexibility index (Phi) is 6.35. The van der Waals surface area contributed by atoms with Crippen LogP contribution < -0.4 is 4.90 Å². The number of amides is 2. The van der Waals surface area contributed by atoms with Crippen LogP contribution in [0, 0.1) is 0 Å². The number of rotatable bonds is 9. The molecule has 162 valence electrons. The zero-order valence-electron chi connectivity index (χ0n) is 17.7. The zero-order valence-corrected chi connectivity index (χ0v) is 17.7. The smallest absolute Gasteiger partial charge is 0.407 e. The summed E-state index contributed by atoms with van der Waals surface area (Å²) < 4.78 is 0. The molecule has 2 aliphatic rings. The average molecular weight is 421 g/mol. The number of carbonyl (C=O) groups is 3. The standard InChI is InChI=1S/C25H28N2O4/c28-22(21-15-19-10-11-23(29)27-14-12-20(16-21)24(19)27)9-5-2-6-13-26(25(30)31)17-18-7-3-1-4-8-18/h1,3-4,7-8,15-16H,2,5-6,9-14,17H2,(H,30,31). The van der Waals surface area contributed by atoms with Gasteiger partial charge in [0, 0.05) is 38.0 Å². The molecule has 4 rings (SSSR count). The van der Waals surface area contributed by atoms with E-state index >= 15 is 0 Å². The Hall–Kier alpha value is -3.15. The predicted octanol–water partition coefficient (Wildman–Crippen LogP) is 4.45. The maximum Gasteiger partial charge on any atom is 0.407 e. The molecule has 0 unspecified atom stereocenters. The molecule has 2 heterocycles. The molecule has 0 fully saturated rings. The van der Waals surface area contributed by atoms with E-state index in [1.165, 1.54) is 4.90 Å². The van der Waals surface area contributed by atoms with Crippen molar-refractivity contribution in [2.75, 3.05) is 18.0 Å². The van der Waals surface area contributed by atoms with E-state index in [0.29, 0.717) is 32.4 Å². The molecule has 0 saturated heterocycles. The minimum absolute atomic E-state index is 0.133. The minimum Gasteiger partial charge on any atom is -0.465 e. The summed E-state index contributed by atoms with van der Waals surface area (Å²) in [6.45, 7) is 1.57. The molecule has 2 aromatic carbocycles. The number of ketones is 1. The maximum absolute atomic E-state index is 12.7. The highest BCUT2D eigenvalue weighted by atomic mass is 16.4. The lowest BCUT2D eigenvalue weighted by molar-refractivity contribution is -0.118. The number of hydrogen-bond acceptors (Lipinski definition) is 3. The summed E-state index contributed by atoms with van der Waals surface area (Å²) in [7, 11) is 0. The Morgan fingerprint density at radius 1 is 0.968 bits per heavy atom. The van der Waals surface area contributed by atoms with Gasteiger partial charge in [-0.15, -0.1) is 0 Å². The van der Waals surface area contributed by atoms with Crippen molar-refractivity contribution >= 4 is 23.5 Å². The summed E-state index contributed by atoms with van der Waals surface area (Å²) in [6.07, 6.45) is 3.89. The van der Waals surface area contributed by atoms with Crippen molar-refractivity contribution in [2.24, 2.45) is 0 Å². The Bertz CT molecular complexity index is 987. The summed E-state index contributed by atoms with van der Waals surface area (Å²) >= 11 is 0. The normalized spacial score (nSPS) is 14.5. The van der Waals surface area contributed by atoms with Crippen molar-refractivity contribution in [3.05, 3.63) is 64.7 Å². The van der Waals surface area contributed by atoms with Gasteiger partial charge in [0.15, 0.2) is 5.78 Å². The topological polar surface area (TPSA) is 77.9 Å². The molecule has 2 aromatic rings. The van der Waals surface area contributed by atoms with Gasteiger partial charge in [-0.3, -0.25) is 9.59 Å². The molecule has 0 aromatic heterocycles. The van der Waals surface area contributed by atoms with Gasteiger partial charge in [-0.1, -0.05) is 36.8 Å². The van der Waals surface area contributed by atoms with E-state index < -0.39 is 6.09 Å². The van der Waals surface area contributed by atoms with Crippen LogP contribution in [0.3, 0.4) is 0 Å². The minimum atomic E-state index is -0.917. The van der Waals surface area contributed by atoms with Crippen LogP contribution >= 0.6 is 0 Å². The zero-order chi connectivity index (χ0) is 21.8. The molecule has 2 aliphatic heterocycles. The SMILES string of the molecule is O=C(CCCCCN(Cc1ccccc1)C(=O)O)c1cc2c3c(c1)CCN3C(=O)CC2. The molecule has 31 heavy (non-hydrogen) atoms. The molecular formula is C25H28N2O4. The quantitative estimate of drug-likeness (QED) is 0.480. The number of carbonyl (C=O) groups excluding carboxylic acids is 2. The van der Waals surface area contributed by atoms with Gasteiger partial charge in [0.05, 0.1) is 5.69 Å². The number of benzene rings is 2. The van der Waals surface area contributed by atoms with Gasteiger partial charge < -0.3 is 14.9 Å². The third kappa shape index (κ3) is 4.79. The first-order valence-electron chi connectivity index (χ1n) is 11.0. The fraction of sp³-hybridized carbons (Fsp3) is 0.400. The fourth-order valence-electron chi connectivity index (χ4n) is 4.57. The lowest BCUT2D eigenvalue weighted by atomic mass is 9.94. The maximum atomic E-state index is 12.7. The van der Waals surface area contributed by atoms with E-state index in [4.69, 9.17) is 0 Å². The van der Waals surface area contributed by atoms with Gasteiger partial charge in [-0.25, -0.2) is 4.79 Å². The van der Waals surface area contributed by atoms with E-state index in [0.717, 1.165) is 60.2 Å². The molecule has 0 spiro atoms. The molecule has 6 heteroatoms. The molecule has 0 aliphatic carbocycles. The van der Waals surface area contributed by atoms with Gasteiger partial charge in [0.1, 0.15) is 0 Å². The summed E-state index contributed by atoms with van der Waals surface area (Å²) in [4.78, 5) is 39.6. The van der Waals surface area contributed by atoms with Gasteiger partial charge in [-0.2, -0.15) is 0 Å².